The molecule has 1 saturated heterocycles. The Hall–Kier alpha value is -3.96. The predicted octanol–water partition coefficient (Wildman–Crippen LogP) is 3.28. The molecule has 0 unspecified atom stereocenters. The first-order chi connectivity index (χ1) is 16.0. The lowest BCUT2D eigenvalue weighted by Crippen LogP contribution is -2.48. The van der Waals surface area contributed by atoms with Crippen LogP contribution in [0.15, 0.2) is 64.5 Å². The van der Waals surface area contributed by atoms with Crippen LogP contribution < -0.4 is 15.9 Å². The molecule has 0 amide bonds. The molecule has 8 nitrogen and oxygen atoms in total. The van der Waals surface area contributed by atoms with Crippen LogP contribution in [0.25, 0.3) is 11.3 Å². The van der Waals surface area contributed by atoms with E-state index in [-0.39, 0.29) is 11.5 Å². The normalized spacial score (nSPS) is 14.5. The van der Waals surface area contributed by atoms with Crippen molar-refractivity contribution in [2.45, 2.75) is 19.9 Å². The molecule has 1 aliphatic heterocycles. The number of nitrogens with zero attached hydrogens (tertiary/aromatic N) is 5. The molecule has 0 atom stereocenters. The number of H-pyrrole nitrogens is 1. The van der Waals surface area contributed by atoms with Crippen LogP contribution in [0.2, 0.25) is 0 Å². The minimum absolute atomic E-state index is 0.0273. The Morgan fingerprint density at radius 2 is 1.79 bits per heavy atom. The first kappa shape index (κ1) is 22.2. The minimum atomic E-state index is -0.508. The Morgan fingerprint density at radius 3 is 2.42 bits per heavy atom. The second kappa shape index (κ2) is 10.1. The third kappa shape index (κ3) is 5.27. The molecule has 1 aromatic heterocycles. The zero-order valence-electron chi connectivity index (χ0n) is 18.8. The number of nitrogens with one attached hydrogen (secondary N) is 2. The van der Waals surface area contributed by atoms with Gasteiger partial charge in [0, 0.05) is 43.5 Å². The van der Waals surface area contributed by atoms with E-state index in [0.29, 0.717) is 17.3 Å². The van der Waals surface area contributed by atoms with Crippen LogP contribution >= 0.6 is 0 Å². The van der Waals surface area contributed by atoms with Crippen molar-refractivity contribution in [3.63, 3.8) is 0 Å². The number of hydrazone groups is 1. The highest BCUT2D eigenvalue weighted by Crippen LogP contribution is 2.20. The van der Waals surface area contributed by atoms with Gasteiger partial charge in [-0.3, -0.25) is 14.7 Å². The van der Waals surface area contributed by atoms with E-state index in [4.69, 9.17) is 0 Å². The molecule has 8 heteroatoms. The van der Waals surface area contributed by atoms with E-state index >= 15 is 0 Å². The first-order valence-corrected chi connectivity index (χ1v) is 11.0. The van der Waals surface area contributed by atoms with E-state index in [0.717, 1.165) is 31.7 Å². The second-order valence-electron chi connectivity index (χ2n) is 8.19. The van der Waals surface area contributed by atoms with Gasteiger partial charge in [-0.15, -0.1) is 0 Å². The number of hydrogen-bond donors (Lipinski definition) is 2. The number of aromatic amines is 1. The molecule has 1 fully saturated rings. The van der Waals surface area contributed by atoms with Crippen LogP contribution in [0.4, 0.5) is 11.6 Å². The Balaban J connectivity index is 1.43. The summed E-state index contributed by atoms with van der Waals surface area (Å²) < 4.78 is 0. The molecule has 2 N–H and O–H groups in total. The molecule has 33 heavy (non-hydrogen) atoms. The molecule has 0 saturated carbocycles. The maximum absolute atomic E-state index is 12.3. The van der Waals surface area contributed by atoms with Crippen molar-refractivity contribution in [1.82, 2.24) is 14.9 Å². The first-order valence-electron chi connectivity index (χ1n) is 11.0. The number of rotatable bonds is 6. The van der Waals surface area contributed by atoms with Crippen molar-refractivity contribution in [3.8, 4) is 17.3 Å². The lowest BCUT2D eigenvalue weighted by atomic mass is 10.1. The second-order valence-corrected chi connectivity index (χ2v) is 8.19. The van der Waals surface area contributed by atoms with E-state index in [1.54, 1.807) is 18.3 Å². The molecule has 2 aromatic carbocycles. The van der Waals surface area contributed by atoms with Crippen LogP contribution in [0.5, 0.6) is 0 Å². The van der Waals surface area contributed by atoms with Gasteiger partial charge in [0.15, 0.2) is 0 Å². The summed E-state index contributed by atoms with van der Waals surface area (Å²) in [5.74, 6) is 0.175. The van der Waals surface area contributed by atoms with E-state index in [9.17, 15) is 10.1 Å². The zero-order chi connectivity index (χ0) is 23.2. The summed E-state index contributed by atoms with van der Waals surface area (Å²) in [7, 11) is 0. The van der Waals surface area contributed by atoms with Gasteiger partial charge in [-0.05, 0) is 31.5 Å². The largest absolute Gasteiger partial charge is 0.369 e. The van der Waals surface area contributed by atoms with Crippen molar-refractivity contribution in [1.29, 1.82) is 5.26 Å². The van der Waals surface area contributed by atoms with Crippen molar-refractivity contribution < 1.29 is 0 Å². The van der Waals surface area contributed by atoms with Crippen molar-refractivity contribution in [2.75, 3.05) is 36.5 Å². The third-order valence-electron chi connectivity index (χ3n) is 5.77. The quantitative estimate of drug-likeness (QED) is 0.450. The fourth-order valence-electron chi connectivity index (χ4n) is 3.87. The molecule has 2 heterocycles. The highest BCUT2D eigenvalue weighted by Gasteiger charge is 2.18. The van der Waals surface area contributed by atoms with Gasteiger partial charge < -0.3 is 4.90 Å². The van der Waals surface area contributed by atoms with Gasteiger partial charge >= 0.3 is 0 Å². The van der Waals surface area contributed by atoms with E-state index < -0.39 is 5.56 Å². The maximum Gasteiger partial charge on any atom is 0.270 e. The molecular weight excluding hydrogens is 414 g/mol. The molecule has 0 aliphatic carbocycles. The number of nitriles is 1. The Kier molecular flexibility index (Phi) is 6.81. The van der Waals surface area contributed by atoms with Crippen LogP contribution in [-0.2, 0) is 0 Å². The standard InChI is InChI=1S/C25H27N7O/c1-18(2)31-12-14-32(15-13-31)21-10-8-19(9-11-21)17-27-30-25-28-23(20-6-4-3-5-7-20)22(16-26)24(33)29-25/h3-11,17-18H,12-15H2,1-2H3,(H2,28,29,30,33). The van der Waals surface area contributed by atoms with E-state index in [2.05, 4.69) is 56.3 Å². The molecule has 4 rings (SSSR count). The summed E-state index contributed by atoms with van der Waals surface area (Å²) in [6, 6.07) is 19.9. The summed E-state index contributed by atoms with van der Waals surface area (Å²) in [5.41, 5.74) is 5.37. The summed E-state index contributed by atoms with van der Waals surface area (Å²) in [4.78, 5) is 24.2. The summed E-state index contributed by atoms with van der Waals surface area (Å²) in [6.07, 6.45) is 1.67. The number of anilines is 2. The van der Waals surface area contributed by atoms with Crippen LogP contribution in [0.1, 0.15) is 25.0 Å². The summed E-state index contributed by atoms with van der Waals surface area (Å²) in [5, 5.41) is 13.6. The van der Waals surface area contributed by atoms with Gasteiger partial charge in [-0.2, -0.15) is 10.4 Å². The van der Waals surface area contributed by atoms with Crippen LogP contribution in [-0.4, -0.2) is 53.3 Å². The number of aromatic nitrogens is 2. The predicted molar refractivity (Wildman–Crippen MR) is 132 cm³/mol. The number of piperazine rings is 1. The molecule has 0 bridgehead atoms. The van der Waals surface area contributed by atoms with Crippen LogP contribution in [0.3, 0.4) is 0 Å². The van der Waals surface area contributed by atoms with Crippen molar-refractivity contribution in [3.05, 3.63) is 76.1 Å². The third-order valence-corrected chi connectivity index (χ3v) is 5.77. The SMILES string of the molecule is CC(C)N1CCN(c2ccc(C=NNc3nc(-c4ccccc4)c(C#N)c(=O)[nH]3)cc2)CC1. The molecule has 0 radical (unpaired) electrons. The van der Waals surface area contributed by atoms with E-state index in [1.165, 1.54) is 5.69 Å². The smallest absolute Gasteiger partial charge is 0.270 e. The summed E-state index contributed by atoms with van der Waals surface area (Å²) >= 11 is 0. The van der Waals surface area contributed by atoms with E-state index in [1.807, 2.05) is 36.4 Å². The average molecular weight is 442 g/mol. The van der Waals surface area contributed by atoms with Gasteiger partial charge in [0.25, 0.3) is 5.56 Å². The Labute approximate surface area is 193 Å². The minimum Gasteiger partial charge on any atom is -0.369 e. The Morgan fingerprint density at radius 1 is 1.09 bits per heavy atom. The van der Waals surface area contributed by atoms with Gasteiger partial charge in [0.1, 0.15) is 11.6 Å². The monoisotopic (exact) mass is 441 g/mol. The molecule has 3 aromatic rings. The van der Waals surface area contributed by atoms with Crippen molar-refractivity contribution >= 4 is 17.9 Å². The van der Waals surface area contributed by atoms with Gasteiger partial charge in [0.2, 0.25) is 5.95 Å². The highest BCUT2D eigenvalue weighted by molar-refractivity contribution is 5.81. The number of hydrogen-bond acceptors (Lipinski definition) is 7. The zero-order valence-corrected chi connectivity index (χ0v) is 18.8. The van der Waals surface area contributed by atoms with Gasteiger partial charge in [-0.1, -0.05) is 42.5 Å². The lowest BCUT2D eigenvalue weighted by molar-refractivity contribution is 0.209. The Bertz CT molecular complexity index is 1200. The summed E-state index contributed by atoms with van der Waals surface area (Å²) in [6.45, 7) is 8.67. The van der Waals surface area contributed by atoms with Crippen LogP contribution in [0, 0.1) is 11.3 Å². The lowest BCUT2D eigenvalue weighted by Gasteiger charge is -2.38. The topological polar surface area (TPSA) is 100 Å². The fraction of sp³-hybridized carbons (Fsp3) is 0.280. The number of benzene rings is 2. The molecule has 1 aliphatic rings. The fourth-order valence-corrected chi connectivity index (χ4v) is 3.87. The van der Waals surface area contributed by atoms with Gasteiger partial charge in [0.05, 0.1) is 11.9 Å². The highest BCUT2D eigenvalue weighted by atomic mass is 16.1. The molecular formula is C25H27N7O. The molecule has 0 spiro atoms. The molecule has 168 valence electrons. The van der Waals surface area contributed by atoms with Crippen molar-refractivity contribution in [2.24, 2.45) is 5.10 Å². The maximum atomic E-state index is 12.3. The van der Waals surface area contributed by atoms with Gasteiger partial charge in [-0.25, -0.2) is 10.4 Å². The average Bonchev–Trinajstić information content (AvgIpc) is 2.85.